The lowest BCUT2D eigenvalue weighted by atomic mass is 9.97. The summed E-state index contributed by atoms with van der Waals surface area (Å²) in [5, 5.41) is 21.7. The van der Waals surface area contributed by atoms with Crippen molar-refractivity contribution in [1.29, 1.82) is 0 Å². The minimum absolute atomic E-state index is 0.143. The molecule has 0 heterocycles. The molecule has 1 aromatic rings. The molecule has 0 radical (unpaired) electrons. The summed E-state index contributed by atoms with van der Waals surface area (Å²) in [5.74, 6) is -2.72. The quantitative estimate of drug-likeness (QED) is 0.617. The Morgan fingerprint density at radius 1 is 1.43 bits per heavy atom. The smallest absolute Gasteiger partial charge is 0.303 e. The predicted octanol–water partition coefficient (Wildman–Crippen LogP) is 2.11. The van der Waals surface area contributed by atoms with E-state index < -0.39 is 39.4 Å². The third-order valence-electron chi connectivity index (χ3n) is 2.82. The first-order valence-electron chi connectivity index (χ1n) is 6.10. The molecule has 0 saturated heterocycles. The van der Waals surface area contributed by atoms with E-state index in [-0.39, 0.29) is 12.8 Å². The standard InChI is InChI=1S/C13H15FN2O5/c1-13(2,6-5-11(17)18)15-12(19)9-7-8(16(20)21)3-4-10(9)14/h3-4,7H,5-6H2,1-2H3,(H,15,19)(H,17,18). The molecule has 0 saturated carbocycles. The van der Waals surface area contributed by atoms with E-state index >= 15 is 0 Å². The van der Waals surface area contributed by atoms with Crippen molar-refractivity contribution in [3.63, 3.8) is 0 Å². The molecule has 1 aromatic carbocycles. The molecule has 7 nitrogen and oxygen atoms in total. The molecule has 0 bridgehead atoms. The lowest BCUT2D eigenvalue weighted by Crippen LogP contribution is -2.44. The summed E-state index contributed by atoms with van der Waals surface area (Å²) < 4.78 is 13.6. The molecule has 2 N–H and O–H groups in total. The van der Waals surface area contributed by atoms with Gasteiger partial charge < -0.3 is 10.4 Å². The van der Waals surface area contributed by atoms with Crippen LogP contribution in [0.15, 0.2) is 18.2 Å². The van der Waals surface area contributed by atoms with Crippen molar-refractivity contribution < 1.29 is 24.0 Å². The zero-order chi connectivity index (χ0) is 16.2. The second kappa shape index (κ2) is 6.29. The highest BCUT2D eigenvalue weighted by Crippen LogP contribution is 2.19. The summed E-state index contributed by atoms with van der Waals surface area (Å²) in [5.41, 5.74) is -1.73. The number of nitro groups is 1. The molecule has 0 fully saturated rings. The fourth-order valence-corrected chi connectivity index (χ4v) is 1.66. The van der Waals surface area contributed by atoms with Crippen molar-refractivity contribution in [3.8, 4) is 0 Å². The first kappa shape index (κ1) is 16.5. The number of benzene rings is 1. The van der Waals surface area contributed by atoms with Gasteiger partial charge in [-0.1, -0.05) is 0 Å². The molecule has 1 amide bonds. The number of amides is 1. The number of nitrogens with one attached hydrogen (secondary N) is 1. The van der Waals surface area contributed by atoms with Crippen LogP contribution in [0.3, 0.4) is 0 Å². The van der Waals surface area contributed by atoms with Crippen LogP contribution in [0.25, 0.3) is 0 Å². The Bertz CT molecular complexity index is 586. The summed E-state index contributed by atoms with van der Waals surface area (Å²) in [7, 11) is 0. The van der Waals surface area contributed by atoms with Crippen molar-refractivity contribution in [2.75, 3.05) is 0 Å². The zero-order valence-corrected chi connectivity index (χ0v) is 11.6. The summed E-state index contributed by atoms with van der Waals surface area (Å²) >= 11 is 0. The van der Waals surface area contributed by atoms with Gasteiger partial charge in [-0.15, -0.1) is 0 Å². The monoisotopic (exact) mass is 298 g/mol. The van der Waals surface area contributed by atoms with Crippen LogP contribution >= 0.6 is 0 Å². The lowest BCUT2D eigenvalue weighted by molar-refractivity contribution is -0.384. The summed E-state index contributed by atoms with van der Waals surface area (Å²) in [6.07, 6.45) is -0.0185. The van der Waals surface area contributed by atoms with E-state index in [1.165, 1.54) is 0 Å². The van der Waals surface area contributed by atoms with Crippen LogP contribution in [0.5, 0.6) is 0 Å². The lowest BCUT2D eigenvalue weighted by Gasteiger charge is -2.25. The Balaban J connectivity index is 2.91. The second-order valence-corrected chi connectivity index (χ2v) is 5.15. The molecule has 1 rings (SSSR count). The Labute approximate surface area is 119 Å². The van der Waals surface area contributed by atoms with Crippen molar-refractivity contribution in [2.45, 2.75) is 32.2 Å². The normalized spacial score (nSPS) is 11.0. The maximum absolute atomic E-state index is 13.6. The number of hydrogen-bond acceptors (Lipinski definition) is 4. The topological polar surface area (TPSA) is 110 Å². The van der Waals surface area contributed by atoms with E-state index in [1.807, 2.05) is 0 Å². The number of hydrogen-bond donors (Lipinski definition) is 2. The number of halogens is 1. The van der Waals surface area contributed by atoms with Crippen LogP contribution in [0.4, 0.5) is 10.1 Å². The van der Waals surface area contributed by atoms with E-state index in [4.69, 9.17) is 5.11 Å². The van der Waals surface area contributed by atoms with Gasteiger partial charge >= 0.3 is 5.97 Å². The number of nitrogens with zero attached hydrogens (tertiary/aromatic N) is 1. The molecule has 8 heteroatoms. The number of nitro benzene ring substituents is 1. The largest absolute Gasteiger partial charge is 0.481 e. The molecule has 0 unspecified atom stereocenters. The van der Waals surface area contributed by atoms with Gasteiger partial charge in [0.05, 0.1) is 10.5 Å². The van der Waals surface area contributed by atoms with Gasteiger partial charge in [-0.2, -0.15) is 0 Å². The van der Waals surface area contributed by atoms with Gasteiger partial charge in [-0.3, -0.25) is 19.7 Å². The van der Waals surface area contributed by atoms with Crippen LogP contribution in [-0.4, -0.2) is 27.4 Å². The van der Waals surface area contributed by atoms with Crippen LogP contribution in [0.2, 0.25) is 0 Å². The summed E-state index contributed by atoms with van der Waals surface area (Å²) in [4.78, 5) is 32.4. The zero-order valence-electron chi connectivity index (χ0n) is 11.6. The van der Waals surface area contributed by atoms with Crippen LogP contribution < -0.4 is 5.32 Å². The number of carboxylic acids is 1. The third-order valence-corrected chi connectivity index (χ3v) is 2.82. The van der Waals surface area contributed by atoms with Crippen molar-refractivity contribution in [2.24, 2.45) is 0 Å². The molecule has 0 aliphatic heterocycles. The Morgan fingerprint density at radius 3 is 2.57 bits per heavy atom. The first-order chi connectivity index (χ1) is 9.62. The van der Waals surface area contributed by atoms with Gasteiger partial charge in [0.2, 0.25) is 0 Å². The second-order valence-electron chi connectivity index (χ2n) is 5.15. The maximum Gasteiger partial charge on any atom is 0.303 e. The highest BCUT2D eigenvalue weighted by Gasteiger charge is 2.25. The van der Waals surface area contributed by atoms with Gasteiger partial charge in [0.1, 0.15) is 5.82 Å². The Morgan fingerprint density at radius 2 is 2.05 bits per heavy atom. The van der Waals surface area contributed by atoms with Crippen LogP contribution in [-0.2, 0) is 4.79 Å². The molecule has 114 valence electrons. The van der Waals surface area contributed by atoms with Gasteiger partial charge in [-0.25, -0.2) is 4.39 Å². The van der Waals surface area contributed by atoms with E-state index in [2.05, 4.69) is 5.32 Å². The Kier molecular flexibility index (Phi) is 4.96. The fraction of sp³-hybridized carbons (Fsp3) is 0.385. The van der Waals surface area contributed by atoms with Crippen LogP contribution in [0, 0.1) is 15.9 Å². The molecule has 0 spiro atoms. The van der Waals surface area contributed by atoms with Crippen LogP contribution in [0.1, 0.15) is 37.0 Å². The van der Waals surface area contributed by atoms with Crippen molar-refractivity contribution in [1.82, 2.24) is 5.32 Å². The van der Waals surface area contributed by atoms with E-state index in [0.717, 1.165) is 18.2 Å². The molecule has 21 heavy (non-hydrogen) atoms. The summed E-state index contributed by atoms with van der Waals surface area (Å²) in [6, 6.07) is 2.65. The third kappa shape index (κ3) is 4.83. The first-order valence-corrected chi connectivity index (χ1v) is 6.10. The molecule has 0 aliphatic rings. The number of non-ortho nitro benzene ring substituents is 1. The number of carboxylic acid groups (broad SMARTS) is 1. The molecule has 0 aromatic heterocycles. The minimum atomic E-state index is -1.01. The predicted molar refractivity (Wildman–Crippen MR) is 71.5 cm³/mol. The minimum Gasteiger partial charge on any atom is -0.481 e. The van der Waals surface area contributed by atoms with E-state index in [0.29, 0.717) is 0 Å². The molecule has 0 aliphatic carbocycles. The van der Waals surface area contributed by atoms with E-state index in [9.17, 15) is 24.1 Å². The molecule has 0 atom stereocenters. The average Bonchev–Trinajstić information content (AvgIpc) is 2.36. The number of carbonyl (C=O) groups excluding carboxylic acids is 1. The number of aliphatic carboxylic acids is 1. The molecular formula is C13H15FN2O5. The Hall–Kier alpha value is -2.51. The highest BCUT2D eigenvalue weighted by atomic mass is 19.1. The molecular weight excluding hydrogens is 283 g/mol. The van der Waals surface area contributed by atoms with Gasteiger partial charge in [-0.05, 0) is 26.3 Å². The summed E-state index contributed by atoms with van der Waals surface area (Å²) in [6.45, 7) is 3.17. The van der Waals surface area contributed by atoms with Gasteiger partial charge in [0.25, 0.3) is 11.6 Å². The van der Waals surface area contributed by atoms with Crippen molar-refractivity contribution in [3.05, 3.63) is 39.7 Å². The number of carbonyl (C=O) groups is 2. The highest BCUT2D eigenvalue weighted by molar-refractivity contribution is 5.95. The SMILES string of the molecule is CC(C)(CCC(=O)O)NC(=O)c1cc([N+](=O)[O-])ccc1F. The average molecular weight is 298 g/mol. The maximum atomic E-state index is 13.6. The van der Waals surface area contributed by atoms with Gasteiger partial charge in [0, 0.05) is 24.1 Å². The van der Waals surface area contributed by atoms with E-state index in [1.54, 1.807) is 13.8 Å². The number of rotatable bonds is 6. The fourth-order valence-electron chi connectivity index (χ4n) is 1.66. The van der Waals surface area contributed by atoms with Gasteiger partial charge in [0.15, 0.2) is 0 Å². The van der Waals surface area contributed by atoms with Crippen molar-refractivity contribution >= 4 is 17.6 Å².